The number of rotatable bonds is 2. The highest BCUT2D eigenvalue weighted by Crippen LogP contribution is 2.06. The summed E-state index contributed by atoms with van der Waals surface area (Å²) in [6.45, 7) is 0. The van der Waals surface area contributed by atoms with Crippen LogP contribution in [0, 0.1) is 0 Å². The van der Waals surface area contributed by atoms with Crippen LogP contribution in [-0.2, 0) is 5.88 Å². The molecule has 0 saturated carbocycles. The summed E-state index contributed by atoms with van der Waals surface area (Å²) in [6.07, 6.45) is 0. The number of carboxylic acids is 1. The lowest BCUT2D eigenvalue weighted by Crippen LogP contribution is -3.00. The van der Waals surface area contributed by atoms with Gasteiger partial charge in [-0.25, -0.2) is 0 Å². The minimum atomic E-state index is -1.17. The van der Waals surface area contributed by atoms with Gasteiger partial charge in [0.05, 0.1) is 5.97 Å². The van der Waals surface area contributed by atoms with E-state index < -0.39 is 5.97 Å². The normalized spacial score (nSPS) is 8.75. The Balaban J connectivity index is 0.00000121. The molecule has 0 saturated heterocycles. The fraction of sp³-hybridized carbons (Fsp3) is 0.125. The minimum Gasteiger partial charge on any atom is -1.00 e. The molecule has 12 heavy (non-hydrogen) atoms. The fourth-order valence-electron chi connectivity index (χ4n) is 0.781. The van der Waals surface area contributed by atoms with Gasteiger partial charge in [-0.2, -0.15) is 0 Å². The molecule has 0 aromatic heterocycles. The van der Waals surface area contributed by atoms with Gasteiger partial charge in [0.25, 0.3) is 0 Å². The number of aromatic carboxylic acids is 1. The molecular formula is C8H6Cl2O2-2. The van der Waals surface area contributed by atoms with Crippen molar-refractivity contribution in [2.45, 2.75) is 5.88 Å². The number of benzene rings is 1. The highest BCUT2D eigenvalue weighted by Gasteiger charge is 1.93. The van der Waals surface area contributed by atoms with Gasteiger partial charge in [-0.1, -0.05) is 18.2 Å². The first kappa shape index (κ1) is 11.3. The van der Waals surface area contributed by atoms with Crippen molar-refractivity contribution >= 4 is 17.6 Å². The Morgan fingerprint density at radius 1 is 1.50 bits per heavy atom. The first-order valence-corrected chi connectivity index (χ1v) is 3.63. The lowest BCUT2D eigenvalue weighted by atomic mass is 10.1. The number of hydrogen-bond acceptors (Lipinski definition) is 2. The van der Waals surface area contributed by atoms with Gasteiger partial charge < -0.3 is 22.3 Å². The highest BCUT2D eigenvalue weighted by molar-refractivity contribution is 6.17. The summed E-state index contributed by atoms with van der Waals surface area (Å²) in [7, 11) is 0. The summed E-state index contributed by atoms with van der Waals surface area (Å²) in [5, 5.41) is 10.3. The molecule has 0 spiro atoms. The molecule has 0 radical (unpaired) electrons. The maximum atomic E-state index is 10.3. The van der Waals surface area contributed by atoms with Gasteiger partial charge in [0, 0.05) is 5.88 Å². The van der Waals surface area contributed by atoms with Gasteiger partial charge >= 0.3 is 0 Å². The maximum Gasteiger partial charge on any atom is 0.0715 e. The first-order chi connectivity index (χ1) is 5.24. The molecule has 0 heterocycles. The molecule has 0 bridgehead atoms. The third kappa shape index (κ3) is 2.72. The second-order valence-electron chi connectivity index (χ2n) is 2.12. The molecule has 0 fully saturated rings. The van der Waals surface area contributed by atoms with E-state index in [-0.39, 0.29) is 18.0 Å². The Bertz CT molecular complexity index is 274. The average Bonchev–Trinajstić information content (AvgIpc) is 2.05. The molecule has 1 aromatic rings. The van der Waals surface area contributed by atoms with Crippen LogP contribution in [-0.4, -0.2) is 5.97 Å². The predicted octanol–water partition coefficient (Wildman–Crippen LogP) is -2.21. The lowest BCUT2D eigenvalue weighted by Gasteiger charge is -2.02. The topological polar surface area (TPSA) is 40.1 Å². The Morgan fingerprint density at radius 2 is 2.17 bits per heavy atom. The van der Waals surface area contributed by atoms with E-state index >= 15 is 0 Å². The van der Waals surface area contributed by atoms with Gasteiger partial charge in [-0.05, 0) is 17.2 Å². The standard InChI is InChI=1S/C8H7ClO2.ClH/c9-5-6-2-1-3-7(4-6)8(10)11;/h1-4H,5H2,(H,10,11);1H/p-2. The van der Waals surface area contributed by atoms with Crippen molar-refractivity contribution in [2.24, 2.45) is 0 Å². The van der Waals surface area contributed by atoms with E-state index in [9.17, 15) is 9.90 Å². The van der Waals surface area contributed by atoms with Crippen molar-refractivity contribution in [3.8, 4) is 0 Å². The predicted molar refractivity (Wildman–Crippen MR) is 40.3 cm³/mol. The Labute approximate surface area is 81.6 Å². The SMILES string of the molecule is O=C([O-])c1cccc(CCl)c1.[Cl-]. The van der Waals surface area contributed by atoms with E-state index in [4.69, 9.17) is 11.6 Å². The molecule has 0 aliphatic carbocycles. The average molecular weight is 205 g/mol. The van der Waals surface area contributed by atoms with E-state index in [1.807, 2.05) is 0 Å². The molecule has 1 aromatic carbocycles. The molecule has 0 atom stereocenters. The summed E-state index contributed by atoms with van der Waals surface area (Å²) >= 11 is 5.49. The smallest absolute Gasteiger partial charge is 0.0715 e. The van der Waals surface area contributed by atoms with Crippen LogP contribution in [0.4, 0.5) is 0 Å². The van der Waals surface area contributed by atoms with Crippen LogP contribution in [0.3, 0.4) is 0 Å². The van der Waals surface area contributed by atoms with Crippen molar-refractivity contribution in [1.82, 2.24) is 0 Å². The molecule has 1 rings (SSSR count). The van der Waals surface area contributed by atoms with Crippen LogP contribution in [0.5, 0.6) is 0 Å². The van der Waals surface area contributed by atoms with Gasteiger partial charge in [0.1, 0.15) is 0 Å². The number of halogens is 2. The third-order valence-corrected chi connectivity index (χ3v) is 1.63. The van der Waals surface area contributed by atoms with Crippen molar-refractivity contribution in [3.63, 3.8) is 0 Å². The maximum absolute atomic E-state index is 10.3. The fourth-order valence-corrected chi connectivity index (χ4v) is 0.948. The monoisotopic (exact) mass is 204 g/mol. The minimum absolute atomic E-state index is 0. The third-order valence-electron chi connectivity index (χ3n) is 1.32. The summed E-state index contributed by atoms with van der Waals surface area (Å²) in [6, 6.07) is 6.38. The van der Waals surface area contributed by atoms with Crippen molar-refractivity contribution < 1.29 is 22.3 Å². The van der Waals surface area contributed by atoms with Crippen molar-refractivity contribution in [2.75, 3.05) is 0 Å². The van der Waals surface area contributed by atoms with Crippen LogP contribution in [0.2, 0.25) is 0 Å². The largest absolute Gasteiger partial charge is 1.00 e. The van der Waals surface area contributed by atoms with Crippen LogP contribution in [0.25, 0.3) is 0 Å². The molecule has 4 heteroatoms. The first-order valence-electron chi connectivity index (χ1n) is 3.10. The Morgan fingerprint density at radius 3 is 2.67 bits per heavy atom. The summed E-state index contributed by atoms with van der Waals surface area (Å²) in [5.74, 6) is -0.849. The highest BCUT2D eigenvalue weighted by atomic mass is 35.5. The summed E-state index contributed by atoms with van der Waals surface area (Å²) in [4.78, 5) is 10.3. The van der Waals surface area contributed by atoms with E-state index in [0.29, 0.717) is 5.88 Å². The zero-order valence-electron chi connectivity index (χ0n) is 6.09. The number of carbonyl (C=O) groups excluding carboxylic acids is 1. The van der Waals surface area contributed by atoms with E-state index in [2.05, 4.69) is 0 Å². The quantitative estimate of drug-likeness (QED) is 0.514. The Hall–Kier alpha value is -0.730. The van der Waals surface area contributed by atoms with Gasteiger partial charge in [-0.15, -0.1) is 11.6 Å². The molecule has 0 aliphatic heterocycles. The number of alkyl halides is 1. The molecular weight excluding hydrogens is 199 g/mol. The van der Waals surface area contributed by atoms with E-state index in [0.717, 1.165) is 5.56 Å². The summed E-state index contributed by atoms with van der Waals surface area (Å²) < 4.78 is 0. The molecule has 66 valence electrons. The zero-order chi connectivity index (χ0) is 8.27. The molecule has 0 aliphatic rings. The van der Waals surface area contributed by atoms with Crippen molar-refractivity contribution in [3.05, 3.63) is 35.4 Å². The number of carboxylic acid groups (broad SMARTS) is 1. The van der Waals surface area contributed by atoms with Crippen LogP contribution in [0.1, 0.15) is 15.9 Å². The second-order valence-corrected chi connectivity index (χ2v) is 2.39. The molecule has 0 N–H and O–H groups in total. The number of hydrogen-bond donors (Lipinski definition) is 0. The lowest BCUT2D eigenvalue weighted by molar-refractivity contribution is -0.255. The molecule has 0 amide bonds. The van der Waals surface area contributed by atoms with Gasteiger partial charge in [-0.3, -0.25) is 0 Å². The van der Waals surface area contributed by atoms with E-state index in [1.54, 1.807) is 12.1 Å². The molecule has 2 nitrogen and oxygen atoms in total. The van der Waals surface area contributed by atoms with Gasteiger partial charge in [0.15, 0.2) is 0 Å². The van der Waals surface area contributed by atoms with Crippen LogP contribution >= 0.6 is 11.6 Å². The van der Waals surface area contributed by atoms with E-state index in [1.165, 1.54) is 12.1 Å². The van der Waals surface area contributed by atoms with Crippen LogP contribution < -0.4 is 17.5 Å². The van der Waals surface area contributed by atoms with Crippen molar-refractivity contribution in [1.29, 1.82) is 0 Å². The van der Waals surface area contributed by atoms with Gasteiger partial charge in [0.2, 0.25) is 0 Å². The zero-order valence-corrected chi connectivity index (χ0v) is 7.60. The number of carbonyl (C=O) groups is 1. The Kier molecular flexibility index (Phi) is 4.71. The van der Waals surface area contributed by atoms with Crippen LogP contribution in [0.15, 0.2) is 24.3 Å². The second kappa shape index (κ2) is 5.01. The molecule has 0 unspecified atom stereocenters. The summed E-state index contributed by atoms with van der Waals surface area (Å²) in [5.41, 5.74) is 0.955.